The summed E-state index contributed by atoms with van der Waals surface area (Å²) >= 11 is 5.89. The van der Waals surface area contributed by atoms with Crippen molar-refractivity contribution < 1.29 is 14.0 Å². The molecule has 1 aliphatic heterocycles. The van der Waals surface area contributed by atoms with E-state index in [1.807, 2.05) is 36.4 Å². The van der Waals surface area contributed by atoms with E-state index in [0.717, 1.165) is 16.7 Å². The van der Waals surface area contributed by atoms with Gasteiger partial charge < -0.3 is 4.90 Å². The van der Waals surface area contributed by atoms with Crippen LogP contribution in [0.25, 0.3) is 5.57 Å². The third-order valence-corrected chi connectivity index (χ3v) is 5.05. The highest BCUT2D eigenvalue weighted by Crippen LogP contribution is 2.36. The highest BCUT2D eigenvalue weighted by molar-refractivity contribution is 6.46. The molecule has 0 fully saturated rings. The van der Waals surface area contributed by atoms with Gasteiger partial charge >= 0.3 is 0 Å². The molecule has 4 rings (SSSR count). The van der Waals surface area contributed by atoms with Crippen LogP contribution in [0.1, 0.15) is 5.56 Å². The van der Waals surface area contributed by atoms with Crippen molar-refractivity contribution in [2.75, 3.05) is 16.8 Å². The number of halogens is 2. The topological polar surface area (TPSA) is 40.6 Å². The summed E-state index contributed by atoms with van der Waals surface area (Å²) in [4.78, 5) is 29.4. The van der Waals surface area contributed by atoms with Crippen molar-refractivity contribution in [3.8, 4) is 0 Å². The molecule has 6 heteroatoms. The van der Waals surface area contributed by atoms with E-state index in [9.17, 15) is 14.0 Å². The molecule has 2 amide bonds. The third-order valence-electron chi connectivity index (χ3n) is 4.76. The van der Waals surface area contributed by atoms with Crippen LogP contribution in [0.2, 0.25) is 5.02 Å². The molecule has 3 aromatic rings. The Bertz CT molecular complexity index is 1130. The van der Waals surface area contributed by atoms with Crippen molar-refractivity contribution in [1.29, 1.82) is 0 Å². The van der Waals surface area contributed by atoms with Crippen LogP contribution in [-0.4, -0.2) is 18.9 Å². The second-order valence-electron chi connectivity index (χ2n) is 6.53. The summed E-state index contributed by atoms with van der Waals surface area (Å²) in [5, 5.41) is -0.158. The molecular formula is C23H16ClFN2O2. The number of benzene rings is 3. The quantitative estimate of drug-likeness (QED) is 0.578. The molecule has 0 N–H and O–H groups in total. The molecular weight excluding hydrogens is 391 g/mol. The fourth-order valence-corrected chi connectivity index (χ4v) is 3.51. The van der Waals surface area contributed by atoms with Gasteiger partial charge in [-0.25, -0.2) is 9.29 Å². The van der Waals surface area contributed by atoms with Crippen LogP contribution < -0.4 is 9.80 Å². The molecule has 1 heterocycles. The maximum Gasteiger partial charge on any atom is 0.282 e. The van der Waals surface area contributed by atoms with Crippen LogP contribution >= 0.6 is 11.6 Å². The van der Waals surface area contributed by atoms with E-state index in [-0.39, 0.29) is 22.0 Å². The Balaban J connectivity index is 1.87. The first-order valence-corrected chi connectivity index (χ1v) is 9.29. The van der Waals surface area contributed by atoms with Crippen molar-refractivity contribution in [3.05, 3.63) is 101 Å². The Morgan fingerprint density at radius 2 is 1.48 bits per heavy atom. The van der Waals surface area contributed by atoms with Gasteiger partial charge in [0, 0.05) is 12.7 Å². The minimum Gasteiger partial charge on any atom is -0.339 e. The number of hydrogen-bond donors (Lipinski definition) is 0. The summed E-state index contributed by atoms with van der Waals surface area (Å²) in [6.45, 7) is 0. The molecule has 0 aromatic heterocycles. The highest BCUT2D eigenvalue weighted by atomic mass is 35.5. The van der Waals surface area contributed by atoms with Crippen molar-refractivity contribution >= 4 is 40.4 Å². The Hall–Kier alpha value is -3.44. The summed E-state index contributed by atoms with van der Waals surface area (Å²) < 4.78 is 13.6. The summed E-state index contributed by atoms with van der Waals surface area (Å²) in [5.41, 5.74) is 2.13. The normalized spacial score (nSPS) is 14.0. The maximum atomic E-state index is 13.6. The van der Waals surface area contributed by atoms with E-state index in [4.69, 9.17) is 11.6 Å². The van der Waals surface area contributed by atoms with Gasteiger partial charge in [0.25, 0.3) is 11.8 Å². The Morgan fingerprint density at radius 1 is 0.862 bits per heavy atom. The van der Waals surface area contributed by atoms with E-state index >= 15 is 0 Å². The Labute approximate surface area is 172 Å². The Kier molecular flexibility index (Phi) is 4.91. The predicted octanol–water partition coefficient (Wildman–Crippen LogP) is 4.90. The first-order chi connectivity index (χ1) is 14.0. The van der Waals surface area contributed by atoms with Crippen molar-refractivity contribution in [1.82, 2.24) is 0 Å². The van der Waals surface area contributed by atoms with Crippen LogP contribution in [0.5, 0.6) is 0 Å². The van der Waals surface area contributed by atoms with Crippen molar-refractivity contribution in [2.45, 2.75) is 0 Å². The predicted molar refractivity (Wildman–Crippen MR) is 112 cm³/mol. The van der Waals surface area contributed by atoms with Gasteiger partial charge in [0.15, 0.2) is 0 Å². The minimum absolute atomic E-state index is 0.158. The SMILES string of the molecule is CN(C1=C(c2ccccc2)C(=O)N(c2ccc(F)c(Cl)c2)C1=O)c1ccccc1. The lowest BCUT2D eigenvalue weighted by atomic mass is 10.0. The van der Waals surface area contributed by atoms with Crippen LogP contribution in [0.4, 0.5) is 15.8 Å². The number of carbonyl (C=O) groups is 2. The molecule has 0 unspecified atom stereocenters. The van der Waals surface area contributed by atoms with Gasteiger partial charge in [-0.15, -0.1) is 0 Å². The molecule has 0 spiro atoms. The lowest BCUT2D eigenvalue weighted by molar-refractivity contribution is -0.120. The van der Waals surface area contributed by atoms with Gasteiger partial charge in [0.2, 0.25) is 0 Å². The fourth-order valence-electron chi connectivity index (χ4n) is 3.33. The second-order valence-corrected chi connectivity index (χ2v) is 6.94. The van der Waals surface area contributed by atoms with Crippen LogP contribution in [0, 0.1) is 5.82 Å². The van der Waals surface area contributed by atoms with Gasteiger partial charge in [-0.2, -0.15) is 0 Å². The van der Waals surface area contributed by atoms with Crippen LogP contribution in [0.15, 0.2) is 84.6 Å². The Morgan fingerprint density at radius 3 is 2.10 bits per heavy atom. The average Bonchev–Trinajstić information content (AvgIpc) is 3.01. The molecule has 0 saturated carbocycles. The number of likely N-dealkylation sites (N-methyl/N-ethyl adjacent to an activating group) is 1. The molecule has 0 atom stereocenters. The fraction of sp³-hybridized carbons (Fsp3) is 0.0435. The van der Waals surface area contributed by atoms with Gasteiger partial charge in [0.05, 0.1) is 16.3 Å². The summed E-state index contributed by atoms with van der Waals surface area (Å²) in [6, 6.07) is 22.1. The molecule has 0 saturated heterocycles. The molecule has 0 bridgehead atoms. The van der Waals surface area contributed by atoms with Crippen LogP contribution in [0.3, 0.4) is 0 Å². The van der Waals surface area contributed by atoms with Gasteiger partial charge in [-0.05, 0) is 35.9 Å². The smallest absolute Gasteiger partial charge is 0.282 e. The third kappa shape index (κ3) is 3.30. The summed E-state index contributed by atoms with van der Waals surface area (Å²) in [7, 11) is 1.74. The van der Waals surface area contributed by atoms with Gasteiger partial charge in [-0.1, -0.05) is 60.1 Å². The number of rotatable bonds is 4. The summed E-state index contributed by atoms with van der Waals surface area (Å²) in [5.74, 6) is -1.60. The van der Waals surface area contributed by atoms with Gasteiger partial charge in [-0.3, -0.25) is 9.59 Å². The second kappa shape index (κ2) is 7.53. The van der Waals surface area contributed by atoms with Gasteiger partial charge in [0.1, 0.15) is 11.5 Å². The molecule has 144 valence electrons. The van der Waals surface area contributed by atoms with E-state index in [1.54, 1.807) is 36.2 Å². The molecule has 4 nitrogen and oxygen atoms in total. The number of nitrogens with zero attached hydrogens (tertiary/aromatic N) is 2. The van der Waals surface area contributed by atoms with Crippen molar-refractivity contribution in [2.24, 2.45) is 0 Å². The number of amides is 2. The number of para-hydroxylation sites is 1. The summed E-state index contributed by atoms with van der Waals surface area (Å²) in [6.07, 6.45) is 0. The first kappa shape index (κ1) is 18.9. The van der Waals surface area contributed by atoms with E-state index in [0.29, 0.717) is 5.56 Å². The first-order valence-electron chi connectivity index (χ1n) is 8.91. The van der Waals surface area contributed by atoms with Crippen LogP contribution in [-0.2, 0) is 9.59 Å². The zero-order valence-corrected chi connectivity index (χ0v) is 16.2. The highest BCUT2D eigenvalue weighted by Gasteiger charge is 2.42. The standard InChI is InChI=1S/C23H16ClFN2O2/c1-26(16-10-6-3-7-11-16)21-20(15-8-4-2-5-9-15)22(28)27(23(21)29)17-12-13-19(25)18(24)14-17/h2-14H,1H3. The van der Waals surface area contributed by atoms with E-state index < -0.39 is 17.6 Å². The molecule has 29 heavy (non-hydrogen) atoms. The lowest BCUT2D eigenvalue weighted by Gasteiger charge is -2.21. The molecule has 0 aliphatic carbocycles. The average molecular weight is 407 g/mol. The number of anilines is 2. The lowest BCUT2D eigenvalue weighted by Crippen LogP contribution is -2.34. The van der Waals surface area contributed by atoms with E-state index in [1.165, 1.54) is 12.1 Å². The zero-order valence-electron chi connectivity index (χ0n) is 15.5. The molecule has 3 aromatic carbocycles. The largest absolute Gasteiger partial charge is 0.339 e. The maximum absolute atomic E-state index is 13.6. The number of hydrogen-bond acceptors (Lipinski definition) is 3. The number of carbonyl (C=O) groups excluding carboxylic acids is 2. The van der Waals surface area contributed by atoms with Crippen molar-refractivity contribution in [3.63, 3.8) is 0 Å². The minimum atomic E-state index is -0.618. The zero-order chi connectivity index (χ0) is 20.5. The monoisotopic (exact) mass is 406 g/mol. The molecule has 1 aliphatic rings. The number of imide groups is 1. The molecule has 0 radical (unpaired) electrons. The van der Waals surface area contributed by atoms with E-state index in [2.05, 4.69) is 0 Å².